The van der Waals surface area contributed by atoms with E-state index in [-0.39, 0.29) is 18.0 Å². The first-order valence-corrected chi connectivity index (χ1v) is 10.4. The summed E-state index contributed by atoms with van der Waals surface area (Å²) in [6, 6.07) is 13.0. The van der Waals surface area contributed by atoms with Crippen LogP contribution >= 0.6 is 0 Å². The van der Waals surface area contributed by atoms with Crippen molar-refractivity contribution in [2.24, 2.45) is 0 Å². The molecule has 2 amide bonds. The first kappa shape index (κ1) is 24.6. The number of carbonyl (C=O) groups is 4. The van der Waals surface area contributed by atoms with Gasteiger partial charge in [-0.25, -0.2) is 0 Å². The summed E-state index contributed by atoms with van der Waals surface area (Å²) in [7, 11) is 1.44. The zero-order valence-electron chi connectivity index (χ0n) is 18.3. The maximum atomic E-state index is 12.2. The second kappa shape index (κ2) is 12.9. The predicted molar refractivity (Wildman–Crippen MR) is 120 cm³/mol. The van der Waals surface area contributed by atoms with Gasteiger partial charge in [0.2, 0.25) is 5.91 Å². The van der Waals surface area contributed by atoms with Crippen LogP contribution in [-0.4, -0.2) is 43.8 Å². The molecule has 0 fully saturated rings. The number of benzene rings is 2. The number of esters is 1. The Bertz CT molecular complexity index is 940. The van der Waals surface area contributed by atoms with E-state index >= 15 is 0 Å². The molecule has 2 aromatic carbocycles. The molecular weight excluding hydrogens is 412 g/mol. The third kappa shape index (κ3) is 7.86. The van der Waals surface area contributed by atoms with Gasteiger partial charge in [-0.3, -0.25) is 19.2 Å². The lowest BCUT2D eigenvalue weighted by Gasteiger charge is -2.09. The van der Waals surface area contributed by atoms with E-state index in [4.69, 9.17) is 9.47 Å². The van der Waals surface area contributed by atoms with E-state index in [0.717, 1.165) is 19.3 Å². The molecule has 0 atom stereocenters. The number of anilines is 1. The Morgan fingerprint density at radius 2 is 1.66 bits per heavy atom. The van der Waals surface area contributed by atoms with Gasteiger partial charge in [0.1, 0.15) is 12.3 Å². The summed E-state index contributed by atoms with van der Waals surface area (Å²) < 4.78 is 10.1. The summed E-state index contributed by atoms with van der Waals surface area (Å²) >= 11 is 0. The van der Waals surface area contributed by atoms with Gasteiger partial charge in [-0.2, -0.15) is 0 Å². The topological polar surface area (TPSA) is 111 Å². The lowest BCUT2D eigenvalue weighted by molar-refractivity contribution is -0.141. The molecule has 0 aromatic heterocycles. The molecule has 32 heavy (non-hydrogen) atoms. The Balaban J connectivity index is 1.76. The number of Topliss-reactive ketones (excluding diaryl/α,β-unsaturated/α-hetero) is 1. The van der Waals surface area contributed by atoms with E-state index in [1.165, 1.54) is 7.11 Å². The van der Waals surface area contributed by atoms with Gasteiger partial charge in [0.15, 0.2) is 12.4 Å². The Kier molecular flexibility index (Phi) is 9.90. The van der Waals surface area contributed by atoms with Crippen molar-refractivity contribution in [3.63, 3.8) is 0 Å². The molecule has 8 nitrogen and oxygen atoms in total. The minimum Gasteiger partial charge on any atom is -0.496 e. The van der Waals surface area contributed by atoms with Crippen LogP contribution < -0.4 is 15.4 Å². The van der Waals surface area contributed by atoms with Crippen molar-refractivity contribution in [1.29, 1.82) is 0 Å². The minimum atomic E-state index is -0.738. The fourth-order valence-corrected chi connectivity index (χ4v) is 2.86. The van der Waals surface area contributed by atoms with Crippen LogP contribution in [0.25, 0.3) is 0 Å². The monoisotopic (exact) mass is 440 g/mol. The molecule has 0 unspecified atom stereocenters. The number of amides is 2. The summed E-state index contributed by atoms with van der Waals surface area (Å²) in [5, 5.41) is 5.22. The van der Waals surface area contributed by atoms with Crippen molar-refractivity contribution in [2.45, 2.75) is 32.6 Å². The highest BCUT2D eigenvalue weighted by atomic mass is 16.5. The Morgan fingerprint density at radius 1 is 0.938 bits per heavy atom. The summed E-state index contributed by atoms with van der Waals surface area (Å²) in [6.07, 6.45) is 3.34. The van der Waals surface area contributed by atoms with Crippen LogP contribution in [0.15, 0.2) is 48.5 Å². The fourth-order valence-electron chi connectivity index (χ4n) is 2.86. The van der Waals surface area contributed by atoms with E-state index < -0.39 is 24.3 Å². The van der Waals surface area contributed by atoms with Crippen molar-refractivity contribution in [2.75, 3.05) is 25.6 Å². The molecule has 0 radical (unpaired) electrons. The molecule has 0 saturated carbocycles. The average molecular weight is 440 g/mol. The summed E-state index contributed by atoms with van der Waals surface area (Å²) in [5.41, 5.74) is 1.23. The Morgan fingerprint density at radius 3 is 2.34 bits per heavy atom. The van der Waals surface area contributed by atoms with E-state index in [2.05, 4.69) is 17.6 Å². The Labute approximate surface area is 187 Å². The number of unbranched alkanes of at least 4 members (excludes halogenated alkanes) is 2. The number of carbonyl (C=O) groups excluding carboxylic acids is 4. The highest BCUT2D eigenvalue weighted by Gasteiger charge is 2.14. The normalized spacial score (nSPS) is 10.2. The van der Waals surface area contributed by atoms with Crippen LogP contribution in [0.4, 0.5) is 5.69 Å². The van der Waals surface area contributed by atoms with Gasteiger partial charge < -0.3 is 20.1 Å². The average Bonchev–Trinajstić information content (AvgIpc) is 2.81. The number of ether oxygens (including phenoxy) is 2. The van der Waals surface area contributed by atoms with Crippen LogP contribution in [0.2, 0.25) is 0 Å². The highest BCUT2D eigenvalue weighted by Crippen LogP contribution is 2.16. The quantitative estimate of drug-likeness (QED) is 0.297. The largest absolute Gasteiger partial charge is 0.496 e. The second-order valence-electron chi connectivity index (χ2n) is 7.05. The fraction of sp³-hybridized carbons (Fsp3) is 0.333. The summed E-state index contributed by atoms with van der Waals surface area (Å²) in [6.45, 7) is 1.24. The third-order valence-corrected chi connectivity index (χ3v) is 4.61. The molecule has 0 spiro atoms. The van der Waals surface area contributed by atoms with Crippen molar-refractivity contribution in [3.05, 3.63) is 59.7 Å². The van der Waals surface area contributed by atoms with Gasteiger partial charge >= 0.3 is 5.97 Å². The van der Waals surface area contributed by atoms with Crippen LogP contribution in [0.1, 0.15) is 53.3 Å². The zero-order chi connectivity index (χ0) is 23.3. The smallest absolute Gasteiger partial charge is 0.325 e. The summed E-state index contributed by atoms with van der Waals surface area (Å²) in [4.78, 5) is 48.1. The van der Waals surface area contributed by atoms with Gasteiger partial charge in [0.05, 0.1) is 12.7 Å². The zero-order valence-corrected chi connectivity index (χ0v) is 18.3. The molecule has 2 aromatic rings. The predicted octanol–water partition coefficient (Wildman–Crippen LogP) is 3.37. The molecule has 0 aliphatic carbocycles. The molecule has 8 heteroatoms. The second-order valence-corrected chi connectivity index (χ2v) is 7.05. The minimum absolute atomic E-state index is 0.0679. The standard InChI is InChI=1S/C24H28N2O6/c1-3-4-5-10-22(28)26-18-13-11-17(12-14-18)20(27)16-32-23(29)15-25-24(30)19-8-6-7-9-21(19)31-2/h6-9,11-14H,3-5,10,15-16H2,1-2H3,(H,25,30)(H,26,28). The van der Waals surface area contributed by atoms with Crippen LogP contribution in [0, 0.1) is 0 Å². The molecule has 170 valence electrons. The number of rotatable bonds is 12. The van der Waals surface area contributed by atoms with Crippen LogP contribution in [0.5, 0.6) is 5.75 Å². The van der Waals surface area contributed by atoms with E-state index in [0.29, 0.717) is 23.4 Å². The number of ketones is 1. The van der Waals surface area contributed by atoms with Crippen molar-refractivity contribution in [3.8, 4) is 5.75 Å². The third-order valence-electron chi connectivity index (χ3n) is 4.61. The van der Waals surface area contributed by atoms with E-state index in [9.17, 15) is 19.2 Å². The molecule has 0 aliphatic heterocycles. The molecule has 2 N–H and O–H groups in total. The SMILES string of the molecule is CCCCCC(=O)Nc1ccc(C(=O)COC(=O)CNC(=O)c2ccccc2OC)cc1. The Hall–Kier alpha value is -3.68. The number of nitrogens with one attached hydrogen (secondary N) is 2. The molecule has 0 aliphatic rings. The maximum Gasteiger partial charge on any atom is 0.325 e. The summed E-state index contributed by atoms with van der Waals surface area (Å²) in [5.74, 6) is -1.30. The number of methoxy groups -OCH3 is 1. The molecule has 0 heterocycles. The molecule has 0 bridgehead atoms. The van der Waals surface area contributed by atoms with Gasteiger partial charge in [-0.15, -0.1) is 0 Å². The lowest BCUT2D eigenvalue weighted by atomic mass is 10.1. The van der Waals surface area contributed by atoms with Gasteiger partial charge in [0.25, 0.3) is 5.91 Å². The van der Waals surface area contributed by atoms with Crippen molar-refractivity contribution in [1.82, 2.24) is 5.32 Å². The van der Waals surface area contributed by atoms with Gasteiger partial charge in [-0.1, -0.05) is 31.9 Å². The van der Waals surface area contributed by atoms with Gasteiger partial charge in [0, 0.05) is 17.7 Å². The van der Waals surface area contributed by atoms with Crippen LogP contribution in [-0.2, 0) is 14.3 Å². The molecule has 0 saturated heterocycles. The van der Waals surface area contributed by atoms with Crippen molar-refractivity contribution >= 4 is 29.3 Å². The molecular formula is C24H28N2O6. The maximum absolute atomic E-state index is 12.2. The first-order chi connectivity index (χ1) is 15.4. The van der Waals surface area contributed by atoms with Gasteiger partial charge in [-0.05, 0) is 42.8 Å². The first-order valence-electron chi connectivity index (χ1n) is 10.4. The van der Waals surface area contributed by atoms with E-state index in [1.807, 2.05) is 0 Å². The number of hydrogen-bond donors (Lipinski definition) is 2. The molecule has 2 rings (SSSR count). The van der Waals surface area contributed by atoms with Crippen molar-refractivity contribution < 1.29 is 28.7 Å². The van der Waals surface area contributed by atoms with E-state index in [1.54, 1.807) is 48.5 Å². The van der Waals surface area contributed by atoms with Crippen LogP contribution in [0.3, 0.4) is 0 Å². The number of para-hydroxylation sites is 1. The highest BCUT2D eigenvalue weighted by molar-refractivity contribution is 6.00. The number of hydrogen-bond acceptors (Lipinski definition) is 6. The lowest BCUT2D eigenvalue weighted by Crippen LogP contribution is -2.31.